The summed E-state index contributed by atoms with van der Waals surface area (Å²) < 4.78 is 60.9. The fourth-order valence-electron chi connectivity index (χ4n) is 12.2. The molecule has 14 aromatic rings. The van der Waals surface area contributed by atoms with Crippen molar-refractivity contribution in [2.24, 2.45) is 0 Å². The van der Waals surface area contributed by atoms with Gasteiger partial charge in [0.25, 0.3) is 6.33 Å². The smallest absolute Gasteiger partial charge is 0.268 e. The maximum atomic E-state index is 9.41. The van der Waals surface area contributed by atoms with Crippen LogP contribution in [0.5, 0.6) is 11.5 Å². The summed E-state index contributed by atoms with van der Waals surface area (Å²) in [4.78, 5) is 4.91. The molecular formula is C74H55N5OPt-2. The topological polar surface area (TPSA) is 40.8 Å². The monoisotopic (exact) mass is 1230 g/mol. The van der Waals surface area contributed by atoms with E-state index in [1.807, 2.05) is 48.7 Å². The SMILES string of the molecule is [2H]c1c([2H])c([2H])c(-c2cccc3c2-c2cccc(C(C)(C)C)c2-[n+]2[c-]n(-c4[c-]c(Oc5[c-]c6c(cc5)c5ccccc5n6-c5cc(C(C)(C)C)ccn5)ccc4)c4cc(-n5c6ccccc6c6ccccc65)cc(c42)-c2ccccc2-3)c([2H])c1[2H].[Pt]. The number of benzene rings is 10. The van der Waals surface area contributed by atoms with Crippen molar-refractivity contribution in [1.82, 2.24) is 18.7 Å². The summed E-state index contributed by atoms with van der Waals surface area (Å²) in [5, 5.41) is 4.39. The summed E-state index contributed by atoms with van der Waals surface area (Å²) in [7, 11) is 0. The van der Waals surface area contributed by atoms with Crippen LogP contribution in [-0.4, -0.2) is 18.7 Å². The number of ether oxygens (including phenoxy) is 1. The molecule has 4 aromatic heterocycles. The van der Waals surface area contributed by atoms with Gasteiger partial charge in [0.15, 0.2) is 0 Å². The molecule has 0 saturated heterocycles. The molecule has 5 heterocycles. The number of rotatable bonds is 6. The molecule has 7 heteroatoms. The Morgan fingerprint density at radius 2 is 1.11 bits per heavy atom. The number of para-hydroxylation sites is 4. The summed E-state index contributed by atoms with van der Waals surface area (Å²) in [5.74, 6) is 1.79. The first kappa shape index (κ1) is 44.7. The molecule has 0 saturated carbocycles. The molecule has 15 rings (SSSR count). The maximum Gasteiger partial charge on any atom is 0.268 e. The quantitative estimate of drug-likeness (QED) is 0.123. The van der Waals surface area contributed by atoms with Crippen molar-refractivity contribution in [3.63, 3.8) is 0 Å². The number of imidazole rings is 1. The van der Waals surface area contributed by atoms with E-state index in [2.05, 4.69) is 224 Å². The molecule has 0 radical (unpaired) electrons. The molecule has 394 valence electrons. The van der Waals surface area contributed by atoms with Crippen molar-refractivity contribution < 1.29 is 37.2 Å². The molecule has 0 amide bonds. The standard InChI is InChI=1S/C74H55N5O.Pt/c1-73(2,3)48-39-40-75-69(41-48)79-66-36-17-14-29-58(66)59-38-37-52(45-67(59)79)80-51-24-18-23-49(42-51)76-46-77-71-61(32-20-33-63(71)74(4,5)6)70-53(47-21-8-7-9-22-47)30-19-31-60(70)54-25-10-11-26-55(54)62-43-50(44-68(76)72(62)77)78-64-34-15-12-27-56(64)57-28-13-16-35-65(57)78;/h7-41,43-44H,1-6H3;/q-2;/i7D,8D,9D,21D,22D;. The molecule has 0 aliphatic carbocycles. The molecule has 81 heavy (non-hydrogen) atoms. The van der Waals surface area contributed by atoms with Crippen LogP contribution in [0.4, 0.5) is 0 Å². The van der Waals surface area contributed by atoms with E-state index in [1.165, 1.54) is 5.56 Å². The van der Waals surface area contributed by atoms with Crippen LogP contribution in [0, 0.1) is 18.5 Å². The van der Waals surface area contributed by atoms with E-state index in [9.17, 15) is 2.74 Å². The fraction of sp³-hybridized carbons (Fsp3) is 0.108. The molecule has 0 unspecified atom stereocenters. The third-order valence-corrected chi connectivity index (χ3v) is 15.9. The van der Waals surface area contributed by atoms with Crippen LogP contribution in [0.25, 0.3) is 122 Å². The van der Waals surface area contributed by atoms with E-state index in [0.717, 1.165) is 111 Å². The van der Waals surface area contributed by atoms with Crippen molar-refractivity contribution in [2.45, 2.75) is 52.4 Å². The van der Waals surface area contributed by atoms with Crippen LogP contribution in [0.15, 0.2) is 224 Å². The minimum absolute atomic E-state index is 0. The number of hydrogen-bond donors (Lipinski definition) is 0. The van der Waals surface area contributed by atoms with E-state index in [4.69, 9.17) is 13.8 Å². The second-order valence-electron chi connectivity index (χ2n) is 22.8. The fourth-order valence-corrected chi connectivity index (χ4v) is 12.2. The summed E-state index contributed by atoms with van der Waals surface area (Å²) in [6, 6.07) is 70.5. The van der Waals surface area contributed by atoms with Crippen LogP contribution in [0.2, 0.25) is 0 Å². The third kappa shape index (κ3) is 8.10. The molecule has 0 bridgehead atoms. The maximum absolute atomic E-state index is 9.41. The number of aromatic nitrogens is 5. The molecule has 0 spiro atoms. The summed E-state index contributed by atoms with van der Waals surface area (Å²) >= 11 is 0. The average molecular weight is 1230 g/mol. The predicted octanol–water partition coefficient (Wildman–Crippen LogP) is 18.3. The van der Waals surface area contributed by atoms with Gasteiger partial charge in [-0.25, -0.2) is 4.98 Å². The Balaban J connectivity index is 0.00000653. The van der Waals surface area contributed by atoms with Gasteiger partial charge in [-0.15, -0.1) is 29.7 Å². The van der Waals surface area contributed by atoms with Gasteiger partial charge in [-0.2, -0.15) is 18.2 Å². The normalized spacial score (nSPS) is 13.1. The second-order valence-corrected chi connectivity index (χ2v) is 22.8. The van der Waals surface area contributed by atoms with Crippen LogP contribution in [0.1, 0.15) is 59.5 Å². The minimum atomic E-state index is -0.442. The van der Waals surface area contributed by atoms with Gasteiger partial charge in [0.1, 0.15) is 5.82 Å². The first-order valence-electron chi connectivity index (χ1n) is 29.6. The number of fused-ring (bicyclic) bond motifs is 13. The van der Waals surface area contributed by atoms with E-state index in [1.54, 1.807) is 0 Å². The first-order chi connectivity index (χ1) is 41.0. The summed E-state index contributed by atoms with van der Waals surface area (Å²) in [6.07, 6.45) is 5.84. The largest absolute Gasteiger partial charge is 0.510 e. The zero-order chi connectivity index (χ0) is 58.4. The van der Waals surface area contributed by atoms with Crippen LogP contribution in [0.3, 0.4) is 0 Å². The van der Waals surface area contributed by atoms with E-state index >= 15 is 0 Å². The van der Waals surface area contributed by atoms with Gasteiger partial charge in [0.05, 0.1) is 34.6 Å². The van der Waals surface area contributed by atoms with E-state index < -0.39 is 23.5 Å². The minimum Gasteiger partial charge on any atom is -0.510 e. The van der Waals surface area contributed by atoms with Gasteiger partial charge in [0.2, 0.25) is 0 Å². The molecule has 0 N–H and O–H groups in total. The third-order valence-electron chi connectivity index (χ3n) is 15.9. The van der Waals surface area contributed by atoms with Crippen LogP contribution in [-0.2, 0) is 31.9 Å². The van der Waals surface area contributed by atoms with Crippen molar-refractivity contribution in [2.75, 3.05) is 0 Å². The zero-order valence-corrected chi connectivity index (χ0v) is 47.7. The van der Waals surface area contributed by atoms with Crippen molar-refractivity contribution in [3.8, 4) is 78.9 Å². The van der Waals surface area contributed by atoms with Crippen molar-refractivity contribution in [1.29, 1.82) is 0 Å². The second kappa shape index (κ2) is 19.0. The van der Waals surface area contributed by atoms with Gasteiger partial charge >= 0.3 is 0 Å². The number of pyridine rings is 1. The van der Waals surface area contributed by atoms with Crippen molar-refractivity contribution >= 4 is 54.6 Å². The van der Waals surface area contributed by atoms with Crippen LogP contribution < -0.4 is 9.30 Å². The Morgan fingerprint density at radius 3 is 1.83 bits per heavy atom. The molecule has 10 aromatic carbocycles. The molecule has 1 aliphatic heterocycles. The number of hydrogen-bond acceptors (Lipinski definition) is 2. The van der Waals surface area contributed by atoms with Gasteiger partial charge in [0, 0.05) is 60.7 Å². The predicted molar refractivity (Wildman–Crippen MR) is 327 cm³/mol. The Labute approximate surface area is 493 Å². The van der Waals surface area contributed by atoms with Gasteiger partial charge in [-0.05, 0) is 120 Å². The summed E-state index contributed by atoms with van der Waals surface area (Å²) in [5.41, 5.74) is 15.6. The van der Waals surface area contributed by atoms with Gasteiger partial charge in [-0.3, -0.25) is 4.57 Å². The Hall–Kier alpha value is -9.09. The van der Waals surface area contributed by atoms with Gasteiger partial charge < -0.3 is 18.4 Å². The molecule has 0 fully saturated rings. The summed E-state index contributed by atoms with van der Waals surface area (Å²) in [6.45, 7) is 13.2. The average Bonchev–Trinajstić information content (AvgIpc) is 1.53. The Kier molecular flexibility index (Phi) is 10.5. The first-order valence-corrected chi connectivity index (χ1v) is 27.1. The zero-order valence-electron chi connectivity index (χ0n) is 50.4. The molecular weight excluding hydrogens is 1170 g/mol. The van der Waals surface area contributed by atoms with Crippen LogP contribution >= 0.6 is 0 Å². The molecule has 0 atom stereocenters. The van der Waals surface area contributed by atoms with Gasteiger partial charge in [-0.1, -0.05) is 193 Å². The molecule has 1 aliphatic rings. The Morgan fingerprint density at radius 1 is 0.506 bits per heavy atom. The number of nitrogens with zero attached hydrogens (tertiary/aromatic N) is 5. The van der Waals surface area contributed by atoms with E-state index in [0.29, 0.717) is 22.7 Å². The Bertz CT molecular complexity index is 5080. The van der Waals surface area contributed by atoms with Crippen molar-refractivity contribution in [3.05, 3.63) is 254 Å². The van der Waals surface area contributed by atoms with E-state index in [-0.39, 0.29) is 44.1 Å². The molecule has 6 nitrogen and oxygen atoms in total.